The summed E-state index contributed by atoms with van der Waals surface area (Å²) in [5.74, 6) is 0.933. The van der Waals surface area contributed by atoms with Crippen molar-refractivity contribution < 1.29 is 0 Å². The highest BCUT2D eigenvalue weighted by atomic mass is 79.9. The summed E-state index contributed by atoms with van der Waals surface area (Å²) in [6.45, 7) is 7.88. The van der Waals surface area contributed by atoms with E-state index < -0.39 is 0 Å². The first-order valence-electron chi connectivity index (χ1n) is 7.55. The molecule has 2 rings (SSSR count). The standard InChI is InChI=1S/C17H26BrN/c1-4-5-14-10-17(11-14,12-19-13(2)3)15-6-8-16(18)9-7-15/h6-9,13-14,19H,4-5,10-12H2,1-3H3. The van der Waals surface area contributed by atoms with Crippen LogP contribution in [-0.2, 0) is 5.41 Å². The van der Waals surface area contributed by atoms with Crippen LogP contribution in [0.25, 0.3) is 0 Å². The van der Waals surface area contributed by atoms with E-state index in [0.717, 1.165) is 12.5 Å². The first-order valence-corrected chi connectivity index (χ1v) is 8.34. The number of rotatable bonds is 6. The Balaban J connectivity index is 2.09. The quantitative estimate of drug-likeness (QED) is 0.785. The number of nitrogens with one attached hydrogen (secondary N) is 1. The van der Waals surface area contributed by atoms with Gasteiger partial charge in [-0.25, -0.2) is 0 Å². The molecule has 0 atom stereocenters. The number of hydrogen-bond acceptors (Lipinski definition) is 1. The average Bonchev–Trinajstić information content (AvgIpc) is 2.33. The van der Waals surface area contributed by atoms with Crippen LogP contribution in [0.2, 0.25) is 0 Å². The van der Waals surface area contributed by atoms with Crippen LogP contribution in [0, 0.1) is 5.92 Å². The van der Waals surface area contributed by atoms with Crippen LogP contribution in [0.4, 0.5) is 0 Å². The van der Waals surface area contributed by atoms with Crippen molar-refractivity contribution in [2.24, 2.45) is 5.92 Å². The van der Waals surface area contributed by atoms with E-state index in [4.69, 9.17) is 0 Å². The Bertz CT molecular complexity index is 390. The number of benzene rings is 1. The van der Waals surface area contributed by atoms with Gasteiger partial charge in [0, 0.05) is 22.5 Å². The summed E-state index contributed by atoms with van der Waals surface area (Å²) in [7, 11) is 0. The van der Waals surface area contributed by atoms with E-state index in [9.17, 15) is 0 Å². The van der Waals surface area contributed by atoms with Gasteiger partial charge in [0.25, 0.3) is 0 Å². The summed E-state index contributed by atoms with van der Waals surface area (Å²) in [6.07, 6.45) is 5.41. The van der Waals surface area contributed by atoms with Crippen molar-refractivity contribution in [3.8, 4) is 0 Å². The molecule has 0 unspecified atom stereocenters. The van der Waals surface area contributed by atoms with Crippen LogP contribution >= 0.6 is 15.9 Å². The number of hydrogen-bond donors (Lipinski definition) is 1. The van der Waals surface area contributed by atoms with Crippen molar-refractivity contribution in [3.05, 3.63) is 34.3 Å². The average molecular weight is 324 g/mol. The fourth-order valence-corrected chi connectivity index (χ4v) is 3.61. The molecule has 1 aliphatic carbocycles. The summed E-state index contributed by atoms with van der Waals surface area (Å²) in [5.41, 5.74) is 1.89. The normalized spacial score (nSPS) is 26.5. The third kappa shape index (κ3) is 3.61. The van der Waals surface area contributed by atoms with Crippen molar-refractivity contribution in [2.75, 3.05) is 6.54 Å². The molecule has 0 aliphatic heterocycles. The Hall–Kier alpha value is -0.340. The molecule has 0 bridgehead atoms. The molecule has 0 spiro atoms. The molecule has 0 amide bonds. The van der Waals surface area contributed by atoms with Gasteiger partial charge in [-0.3, -0.25) is 0 Å². The zero-order chi connectivity index (χ0) is 13.9. The van der Waals surface area contributed by atoms with Crippen molar-refractivity contribution in [2.45, 2.75) is 57.9 Å². The molecule has 1 N–H and O–H groups in total. The molecule has 1 aliphatic rings. The summed E-state index contributed by atoms with van der Waals surface area (Å²) < 4.78 is 1.17. The van der Waals surface area contributed by atoms with Gasteiger partial charge < -0.3 is 5.32 Å². The fraction of sp³-hybridized carbons (Fsp3) is 0.647. The van der Waals surface area contributed by atoms with Crippen LogP contribution < -0.4 is 5.32 Å². The fourth-order valence-electron chi connectivity index (χ4n) is 3.34. The second-order valence-corrected chi connectivity index (χ2v) is 7.30. The monoisotopic (exact) mass is 323 g/mol. The van der Waals surface area contributed by atoms with Gasteiger partial charge in [-0.2, -0.15) is 0 Å². The van der Waals surface area contributed by atoms with Crippen LogP contribution in [0.15, 0.2) is 28.7 Å². The van der Waals surface area contributed by atoms with Gasteiger partial charge in [0.1, 0.15) is 0 Å². The van der Waals surface area contributed by atoms with E-state index in [1.807, 2.05) is 0 Å². The Labute approximate surface area is 126 Å². The Kier molecular flexibility index (Phi) is 5.08. The lowest BCUT2D eigenvalue weighted by Crippen LogP contribution is -2.49. The van der Waals surface area contributed by atoms with Crippen LogP contribution in [0.3, 0.4) is 0 Å². The summed E-state index contributed by atoms with van der Waals surface area (Å²) in [5, 5.41) is 3.65. The molecule has 1 aromatic carbocycles. The van der Waals surface area contributed by atoms with Crippen molar-refractivity contribution in [3.63, 3.8) is 0 Å². The second kappa shape index (κ2) is 6.41. The molecule has 0 saturated heterocycles. The third-order valence-corrected chi connectivity index (χ3v) is 4.89. The van der Waals surface area contributed by atoms with Crippen LogP contribution in [0.5, 0.6) is 0 Å². The van der Waals surface area contributed by atoms with E-state index in [1.54, 1.807) is 0 Å². The number of halogens is 1. The topological polar surface area (TPSA) is 12.0 Å². The van der Waals surface area contributed by atoms with Crippen molar-refractivity contribution in [1.82, 2.24) is 5.32 Å². The first kappa shape index (κ1) is 15.1. The second-order valence-electron chi connectivity index (χ2n) is 6.39. The maximum absolute atomic E-state index is 3.65. The molecule has 0 heterocycles. The lowest BCUT2D eigenvalue weighted by Gasteiger charge is -2.49. The molecule has 19 heavy (non-hydrogen) atoms. The van der Waals surface area contributed by atoms with Gasteiger partial charge in [-0.05, 0) is 36.5 Å². The minimum atomic E-state index is 0.380. The SMILES string of the molecule is CCCC1CC(CNC(C)C)(c2ccc(Br)cc2)C1. The molecule has 1 saturated carbocycles. The summed E-state index contributed by atoms with van der Waals surface area (Å²) in [4.78, 5) is 0. The van der Waals surface area contributed by atoms with Crippen LogP contribution in [-0.4, -0.2) is 12.6 Å². The van der Waals surface area contributed by atoms with Gasteiger partial charge in [-0.1, -0.05) is 61.7 Å². The highest BCUT2D eigenvalue weighted by Gasteiger charge is 2.44. The molecule has 1 aromatic rings. The third-order valence-electron chi connectivity index (χ3n) is 4.36. The molecule has 1 nitrogen and oxygen atoms in total. The molecule has 2 heteroatoms. The molecule has 106 valence electrons. The van der Waals surface area contributed by atoms with Gasteiger partial charge in [-0.15, -0.1) is 0 Å². The minimum absolute atomic E-state index is 0.380. The van der Waals surface area contributed by atoms with E-state index in [1.165, 1.54) is 35.7 Å². The van der Waals surface area contributed by atoms with Crippen LogP contribution in [0.1, 0.15) is 52.0 Å². The Morgan fingerprint density at radius 2 is 1.89 bits per heavy atom. The molecule has 0 aromatic heterocycles. The van der Waals surface area contributed by atoms with Gasteiger partial charge in [0.15, 0.2) is 0 Å². The molecule has 1 fully saturated rings. The highest BCUT2D eigenvalue weighted by molar-refractivity contribution is 9.10. The summed E-state index contributed by atoms with van der Waals surface area (Å²) in [6, 6.07) is 9.53. The lowest BCUT2D eigenvalue weighted by molar-refractivity contribution is 0.126. The van der Waals surface area contributed by atoms with E-state index in [2.05, 4.69) is 66.3 Å². The maximum atomic E-state index is 3.65. The smallest absolute Gasteiger partial charge is 0.0175 e. The van der Waals surface area contributed by atoms with Gasteiger partial charge in [0.05, 0.1) is 0 Å². The van der Waals surface area contributed by atoms with Gasteiger partial charge >= 0.3 is 0 Å². The van der Waals surface area contributed by atoms with Gasteiger partial charge in [0.2, 0.25) is 0 Å². The lowest BCUT2D eigenvalue weighted by atomic mass is 9.57. The van der Waals surface area contributed by atoms with E-state index in [0.29, 0.717) is 11.5 Å². The maximum Gasteiger partial charge on any atom is 0.0175 e. The molecular formula is C17H26BrN. The first-order chi connectivity index (χ1) is 9.05. The Morgan fingerprint density at radius 1 is 1.26 bits per heavy atom. The van der Waals surface area contributed by atoms with E-state index >= 15 is 0 Å². The van der Waals surface area contributed by atoms with Crippen molar-refractivity contribution in [1.29, 1.82) is 0 Å². The minimum Gasteiger partial charge on any atom is -0.314 e. The van der Waals surface area contributed by atoms with E-state index in [-0.39, 0.29) is 0 Å². The zero-order valence-corrected chi connectivity index (χ0v) is 14.0. The van der Waals surface area contributed by atoms with Crippen molar-refractivity contribution >= 4 is 15.9 Å². The molecular weight excluding hydrogens is 298 g/mol. The predicted molar refractivity (Wildman–Crippen MR) is 86.6 cm³/mol. The summed E-state index contributed by atoms with van der Waals surface area (Å²) >= 11 is 3.54. The largest absolute Gasteiger partial charge is 0.314 e. The Morgan fingerprint density at radius 3 is 2.42 bits per heavy atom. The highest BCUT2D eigenvalue weighted by Crippen LogP contribution is 2.49. The predicted octanol–water partition coefficient (Wildman–Crippen LogP) is 4.90. The zero-order valence-electron chi connectivity index (χ0n) is 12.4. The molecule has 0 radical (unpaired) electrons.